The summed E-state index contributed by atoms with van der Waals surface area (Å²) in [6, 6.07) is 6.14. The number of nitrogens with two attached hydrogens (primary N) is 1. The highest BCUT2D eigenvalue weighted by molar-refractivity contribution is 9.10. The quantitative estimate of drug-likeness (QED) is 0.865. The van der Waals surface area contributed by atoms with Gasteiger partial charge in [0.05, 0.1) is 6.54 Å². The van der Waals surface area contributed by atoms with E-state index in [1.165, 1.54) is 5.56 Å². The third kappa shape index (κ3) is 2.59. The summed E-state index contributed by atoms with van der Waals surface area (Å²) in [4.78, 5) is 4.70. The molecule has 4 heteroatoms. The fraction of sp³-hybridized carbons (Fsp3) is 0.312. The van der Waals surface area contributed by atoms with E-state index in [4.69, 9.17) is 17.1 Å². The molecular weight excluding hydrogens is 314 g/mol. The van der Waals surface area contributed by atoms with Gasteiger partial charge in [0.1, 0.15) is 17.3 Å². The molecule has 1 heterocycles. The average Bonchev–Trinajstić information content (AvgIpc) is 2.68. The SMILES string of the molecule is C#CCn1c(C(C)C)nc(-c2ccc(C)cc2Br)c1N. The van der Waals surface area contributed by atoms with E-state index in [1.807, 2.05) is 17.6 Å². The van der Waals surface area contributed by atoms with Crippen LogP contribution in [0.5, 0.6) is 0 Å². The molecule has 0 bridgehead atoms. The molecule has 0 saturated carbocycles. The number of hydrogen-bond acceptors (Lipinski definition) is 2. The molecule has 20 heavy (non-hydrogen) atoms. The minimum atomic E-state index is 0.267. The first-order valence-corrected chi connectivity index (χ1v) is 7.30. The number of anilines is 1. The third-order valence-corrected chi connectivity index (χ3v) is 3.84. The maximum Gasteiger partial charge on any atom is 0.132 e. The van der Waals surface area contributed by atoms with Gasteiger partial charge in [-0.3, -0.25) is 0 Å². The molecule has 104 valence electrons. The topological polar surface area (TPSA) is 43.8 Å². The summed E-state index contributed by atoms with van der Waals surface area (Å²) in [5.41, 5.74) is 9.22. The predicted molar refractivity (Wildman–Crippen MR) is 87.4 cm³/mol. The van der Waals surface area contributed by atoms with Crippen LogP contribution in [-0.2, 0) is 6.54 Å². The molecule has 2 aromatic rings. The molecule has 0 atom stereocenters. The van der Waals surface area contributed by atoms with Crippen LogP contribution in [0.2, 0.25) is 0 Å². The zero-order chi connectivity index (χ0) is 14.9. The molecular formula is C16H18BrN3. The van der Waals surface area contributed by atoms with Crippen molar-refractivity contribution in [2.45, 2.75) is 33.2 Å². The van der Waals surface area contributed by atoms with Crippen molar-refractivity contribution < 1.29 is 0 Å². The minimum absolute atomic E-state index is 0.267. The second-order valence-electron chi connectivity index (χ2n) is 5.13. The molecule has 0 spiro atoms. The average molecular weight is 332 g/mol. The van der Waals surface area contributed by atoms with Crippen LogP contribution in [0.3, 0.4) is 0 Å². The molecule has 1 aromatic carbocycles. The molecule has 0 aliphatic carbocycles. The first-order valence-electron chi connectivity index (χ1n) is 6.51. The Morgan fingerprint density at radius 3 is 2.70 bits per heavy atom. The normalized spacial score (nSPS) is 10.8. The predicted octanol–water partition coefficient (Wildman–Crippen LogP) is 3.96. The second kappa shape index (κ2) is 5.72. The Morgan fingerprint density at radius 2 is 2.15 bits per heavy atom. The van der Waals surface area contributed by atoms with Gasteiger partial charge in [0.25, 0.3) is 0 Å². The molecule has 1 aromatic heterocycles. The van der Waals surface area contributed by atoms with E-state index in [0.717, 1.165) is 21.6 Å². The van der Waals surface area contributed by atoms with Crippen LogP contribution in [0.15, 0.2) is 22.7 Å². The third-order valence-electron chi connectivity index (χ3n) is 3.18. The summed E-state index contributed by atoms with van der Waals surface area (Å²) in [6.45, 7) is 6.66. The van der Waals surface area contributed by atoms with E-state index in [9.17, 15) is 0 Å². The van der Waals surface area contributed by atoms with Crippen molar-refractivity contribution in [1.29, 1.82) is 0 Å². The van der Waals surface area contributed by atoms with Gasteiger partial charge < -0.3 is 10.3 Å². The summed E-state index contributed by atoms with van der Waals surface area (Å²) in [5, 5.41) is 0. The van der Waals surface area contributed by atoms with Gasteiger partial charge in [-0.1, -0.05) is 47.8 Å². The monoisotopic (exact) mass is 331 g/mol. The van der Waals surface area contributed by atoms with Crippen molar-refractivity contribution >= 4 is 21.7 Å². The second-order valence-corrected chi connectivity index (χ2v) is 5.99. The van der Waals surface area contributed by atoms with Crippen molar-refractivity contribution in [3.63, 3.8) is 0 Å². The lowest BCUT2D eigenvalue weighted by molar-refractivity contribution is 0.691. The van der Waals surface area contributed by atoms with Crippen molar-refractivity contribution in [1.82, 2.24) is 9.55 Å². The van der Waals surface area contributed by atoms with Crippen LogP contribution in [0.4, 0.5) is 5.82 Å². The first kappa shape index (κ1) is 14.7. The highest BCUT2D eigenvalue weighted by Gasteiger charge is 2.19. The van der Waals surface area contributed by atoms with Gasteiger partial charge in [-0.15, -0.1) is 6.42 Å². The number of halogens is 1. The Bertz CT molecular complexity index is 678. The van der Waals surface area contributed by atoms with E-state index >= 15 is 0 Å². The highest BCUT2D eigenvalue weighted by Crippen LogP contribution is 2.34. The molecule has 2 rings (SSSR count). The number of rotatable bonds is 3. The summed E-state index contributed by atoms with van der Waals surface area (Å²) in [6.07, 6.45) is 5.43. The maximum atomic E-state index is 6.25. The number of benzene rings is 1. The molecule has 3 nitrogen and oxygen atoms in total. The summed E-state index contributed by atoms with van der Waals surface area (Å²) in [5.74, 6) is 4.45. The number of aryl methyl sites for hydroxylation is 1. The smallest absolute Gasteiger partial charge is 0.132 e. The summed E-state index contributed by atoms with van der Waals surface area (Å²) < 4.78 is 2.90. The van der Waals surface area contributed by atoms with Crippen LogP contribution in [0.25, 0.3) is 11.3 Å². The maximum absolute atomic E-state index is 6.25. The van der Waals surface area contributed by atoms with Gasteiger partial charge in [-0.05, 0) is 18.6 Å². The number of hydrogen-bond donors (Lipinski definition) is 1. The standard InChI is InChI=1S/C16H18BrN3/c1-5-8-20-15(18)14(19-16(20)10(2)3)12-7-6-11(4)9-13(12)17/h1,6-7,9-10H,8,18H2,2-4H3. The fourth-order valence-corrected chi connectivity index (χ4v) is 2.87. The van der Waals surface area contributed by atoms with Crippen molar-refractivity contribution in [3.05, 3.63) is 34.1 Å². The van der Waals surface area contributed by atoms with E-state index in [0.29, 0.717) is 12.4 Å². The van der Waals surface area contributed by atoms with Crippen molar-refractivity contribution in [3.8, 4) is 23.6 Å². The molecule has 0 unspecified atom stereocenters. The zero-order valence-corrected chi connectivity index (χ0v) is 13.5. The number of nitrogen functional groups attached to an aromatic ring is 1. The van der Waals surface area contributed by atoms with Crippen LogP contribution >= 0.6 is 15.9 Å². The Morgan fingerprint density at radius 1 is 1.45 bits per heavy atom. The minimum Gasteiger partial charge on any atom is -0.383 e. The van der Waals surface area contributed by atoms with E-state index in [2.05, 4.69) is 47.8 Å². The van der Waals surface area contributed by atoms with Gasteiger partial charge in [-0.2, -0.15) is 0 Å². The van der Waals surface area contributed by atoms with Crippen LogP contribution in [0.1, 0.15) is 31.2 Å². The first-order chi connectivity index (χ1) is 9.45. The lowest BCUT2D eigenvalue weighted by Crippen LogP contribution is -2.07. The molecule has 2 N–H and O–H groups in total. The van der Waals surface area contributed by atoms with Gasteiger partial charge >= 0.3 is 0 Å². The lowest BCUT2D eigenvalue weighted by atomic mass is 10.1. The van der Waals surface area contributed by atoms with Gasteiger partial charge in [0.15, 0.2) is 0 Å². The molecule has 0 aliphatic rings. The Kier molecular flexibility index (Phi) is 4.20. The number of aromatic nitrogens is 2. The largest absolute Gasteiger partial charge is 0.383 e. The molecule has 0 aliphatic heterocycles. The molecule has 0 amide bonds. The Hall–Kier alpha value is -1.73. The Balaban J connectivity index is 2.63. The van der Waals surface area contributed by atoms with Crippen LogP contribution in [0, 0.1) is 19.3 Å². The number of nitrogens with zero attached hydrogens (tertiary/aromatic N) is 2. The Labute approximate surface area is 128 Å². The van der Waals surface area contributed by atoms with E-state index < -0.39 is 0 Å². The van der Waals surface area contributed by atoms with Gasteiger partial charge in [0, 0.05) is 16.0 Å². The van der Waals surface area contributed by atoms with Gasteiger partial charge in [-0.25, -0.2) is 4.98 Å². The van der Waals surface area contributed by atoms with Crippen molar-refractivity contribution in [2.75, 3.05) is 5.73 Å². The van der Waals surface area contributed by atoms with E-state index in [1.54, 1.807) is 0 Å². The lowest BCUT2D eigenvalue weighted by Gasteiger charge is -2.08. The van der Waals surface area contributed by atoms with Crippen molar-refractivity contribution in [2.24, 2.45) is 0 Å². The summed E-state index contributed by atoms with van der Waals surface area (Å²) >= 11 is 3.58. The van der Waals surface area contributed by atoms with E-state index in [-0.39, 0.29) is 5.92 Å². The molecule has 0 fully saturated rings. The zero-order valence-electron chi connectivity index (χ0n) is 11.9. The van der Waals surface area contributed by atoms with Crippen LogP contribution < -0.4 is 5.73 Å². The number of terminal acetylenes is 1. The summed E-state index contributed by atoms with van der Waals surface area (Å²) in [7, 11) is 0. The van der Waals surface area contributed by atoms with Crippen LogP contribution in [-0.4, -0.2) is 9.55 Å². The van der Waals surface area contributed by atoms with Gasteiger partial charge in [0.2, 0.25) is 0 Å². The number of imidazole rings is 1. The molecule has 0 radical (unpaired) electrons. The molecule has 0 saturated heterocycles. The highest BCUT2D eigenvalue weighted by atomic mass is 79.9. The fourth-order valence-electron chi connectivity index (χ4n) is 2.19.